The lowest BCUT2D eigenvalue weighted by atomic mass is 9.90. The van der Waals surface area contributed by atoms with E-state index >= 15 is 0 Å². The van der Waals surface area contributed by atoms with Crippen LogP contribution in [0.4, 0.5) is 5.82 Å². The Kier molecular flexibility index (Phi) is 7.59. The second-order valence-corrected chi connectivity index (χ2v) is 10.4. The summed E-state index contributed by atoms with van der Waals surface area (Å²) in [5, 5.41) is 5.78. The second kappa shape index (κ2) is 9.74. The molecular weight excluding hydrogens is 388 g/mol. The van der Waals surface area contributed by atoms with Crippen molar-refractivity contribution in [1.82, 2.24) is 9.97 Å². The molecule has 0 saturated heterocycles. The Morgan fingerprint density at radius 1 is 1.25 bits per heavy atom. The molecule has 156 valence electrons. The standard InChI is InChI=1S/C21H34N4OS2/c1-6-8-12-27-20-23-18(22-10-9-11-25(4)5)17-15-13-21(3,7-2)26-14-16(15)28-19(17)24-20/h6-14H2,1-5H3,(H,22,23,24)/p+1/t21-/m0/s1. The number of anilines is 1. The van der Waals surface area contributed by atoms with E-state index in [1.54, 1.807) is 23.1 Å². The first-order valence-corrected chi connectivity index (χ1v) is 12.4. The summed E-state index contributed by atoms with van der Waals surface area (Å²) >= 11 is 3.57. The number of fused-ring (bicyclic) bond motifs is 3. The van der Waals surface area contributed by atoms with Gasteiger partial charge in [-0.3, -0.25) is 0 Å². The Hall–Kier alpha value is -0.890. The number of rotatable bonds is 10. The van der Waals surface area contributed by atoms with E-state index in [2.05, 4.69) is 40.2 Å². The van der Waals surface area contributed by atoms with Gasteiger partial charge in [-0.2, -0.15) is 0 Å². The Labute approximate surface area is 177 Å². The lowest BCUT2D eigenvalue weighted by Crippen LogP contribution is -3.05. The quantitative estimate of drug-likeness (QED) is 0.346. The highest BCUT2D eigenvalue weighted by Crippen LogP contribution is 2.42. The summed E-state index contributed by atoms with van der Waals surface area (Å²) in [7, 11) is 4.40. The monoisotopic (exact) mass is 423 g/mol. The van der Waals surface area contributed by atoms with Gasteiger partial charge in [-0.05, 0) is 25.3 Å². The number of thioether (sulfide) groups is 1. The maximum atomic E-state index is 6.18. The van der Waals surface area contributed by atoms with E-state index < -0.39 is 0 Å². The first kappa shape index (κ1) is 21.8. The molecule has 0 amide bonds. The average Bonchev–Trinajstić information content (AvgIpc) is 3.02. The highest BCUT2D eigenvalue weighted by atomic mass is 32.2. The molecular formula is C21H35N4OS2+. The molecule has 0 saturated carbocycles. The fraction of sp³-hybridized carbons (Fsp3) is 0.714. The van der Waals surface area contributed by atoms with E-state index in [1.807, 2.05) is 0 Å². The Balaban J connectivity index is 1.91. The Bertz CT molecular complexity index is 792. The fourth-order valence-electron chi connectivity index (χ4n) is 3.43. The third-order valence-corrected chi connectivity index (χ3v) is 7.47. The minimum atomic E-state index is -0.0822. The molecule has 0 aromatic carbocycles. The van der Waals surface area contributed by atoms with Gasteiger partial charge in [-0.15, -0.1) is 11.3 Å². The molecule has 2 aromatic rings. The van der Waals surface area contributed by atoms with E-state index in [4.69, 9.17) is 14.7 Å². The summed E-state index contributed by atoms with van der Waals surface area (Å²) < 4.78 is 6.18. The van der Waals surface area contributed by atoms with Crippen LogP contribution < -0.4 is 10.2 Å². The molecule has 28 heavy (non-hydrogen) atoms. The zero-order valence-corrected chi connectivity index (χ0v) is 19.6. The van der Waals surface area contributed by atoms with Crippen LogP contribution in [0.15, 0.2) is 5.16 Å². The van der Waals surface area contributed by atoms with Crippen LogP contribution in [0.1, 0.15) is 56.9 Å². The largest absolute Gasteiger partial charge is 0.369 e. The molecule has 7 heteroatoms. The predicted molar refractivity (Wildman–Crippen MR) is 121 cm³/mol. The summed E-state index contributed by atoms with van der Waals surface area (Å²) in [5.74, 6) is 2.10. The van der Waals surface area contributed by atoms with Gasteiger partial charge < -0.3 is 15.0 Å². The van der Waals surface area contributed by atoms with E-state index in [1.165, 1.54) is 33.6 Å². The van der Waals surface area contributed by atoms with Crippen molar-refractivity contribution in [3.63, 3.8) is 0 Å². The van der Waals surface area contributed by atoms with Crippen molar-refractivity contribution in [2.24, 2.45) is 0 Å². The molecule has 5 nitrogen and oxygen atoms in total. The molecule has 1 aliphatic heterocycles. The number of thiophene rings is 1. The van der Waals surface area contributed by atoms with Gasteiger partial charge in [0.25, 0.3) is 0 Å². The highest BCUT2D eigenvalue weighted by Gasteiger charge is 2.33. The summed E-state index contributed by atoms with van der Waals surface area (Å²) in [6, 6.07) is 0. The minimum Gasteiger partial charge on any atom is -0.369 e. The van der Waals surface area contributed by atoms with Gasteiger partial charge in [-0.1, -0.05) is 32.0 Å². The predicted octanol–water partition coefficient (Wildman–Crippen LogP) is 3.77. The van der Waals surface area contributed by atoms with Crippen molar-refractivity contribution < 1.29 is 9.64 Å². The zero-order valence-electron chi connectivity index (χ0n) is 18.0. The zero-order chi connectivity index (χ0) is 20.1. The fourth-order valence-corrected chi connectivity index (χ4v) is 5.52. The molecule has 0 radical (unpaired) electrons. The van der Waals surface area contributed by atoms with Crippen LogP contribution in [0.2, 0.25) is 0 Å². The number of aromatic nitrogens is 2. The van der Waals surface area contributed by atoms with Crippen molar-refractivity contribution in [1.29, 1.82) is 0 Å². The molecule has 0 fully saturated rings. The second-order valence-electron chi connectivity index (χ2n) is 8.25. The van der Waals surface area contributed by atoms with Gasteiger partial charge >= 0.3 is 0 Å². The van der Waals surface area contributed by atoms with Crippen LogP contribution in [-0.4, -0.2) is 48.5 Å². The summed E-state index contributed by atoms with van der Waals surface area (Å²) in [4.78, 5) is 13.8. The topological polar surface area (TPSA) is 51.5 Å². The highest BCUT2D eigenvalue weighted by molar-refractivity contribution is 7.99. The van der Waals surface area contributed by atoms with Crippen LogP contribution in [0.5, 0.6) is 0 Å². The molecule has 2 N–H and O–H groups in total. The van der Waals surface area contributed by atoms with E-state index in [-0.39, 0.29) is 5.60 Å². The van der Waals surface area contributed by atoms with Gasteiger partial charge in [-0.25, -0.2) is 9.97 Å². The first-order valence-electron chi connectivity index (χ1n) is 10.6. The maximum Gasteiger partial charge on any atom is 0.190 e. The summed E-state index contributed by atoms with van der Waals surface area (Å²) in [5.41, 5.74) is 1.32. The van der Waals surface area contributed by atoms with Crippen molar-refractivity contribution in [2.45, 2.75) is 70.2 Å². The molecule has 1 aliphatic rings. The third kappa shape index (κ3) is 5.17. The molecule has 2 aromatic heterocycles. The molecule has 1 atom stereocenters. The van der Waals surface area contributed by atoms with Crippen molar-refractivity contribution in [3.8, 4) is 0 Å². The van der Waals surface area contributed by atoms with Gasteiger partial charge in [0.05, 0.1) is 38.2 Å². The maximum absolute atomic E-state index is 6.18. The molecule has 0 spiro atoms. The number of quaternary nitrogens is 1. The van der Waals surface area contributed by atoms with Gasteiger partial charge in [0, 0.05) is 30.0 Å². The van der Waals surface area contributed by atoms with Crippen molar-refractivity contribution >= 4 is 39.1 Å². The molecule has 0 aliphatic carbocycles. The van der Waals surface area contributed by atoms with E-state index in [0.717, 1.165) is 53.9 Å². The SMILES string of the molecule is CCCCSc1nc(NCCC[NH+](C)C)c2c3c(sc2n1)CO[C@@](C)(CC)C3. The van der Waals surface area contributed by atoms with Crippen LogP contribution in [0.25, 0.3) is 10.2 Å². The average molecular weight is 424 g/mol. The summed E-state index contributed by atoms with van der Waals surface area (Å²) in [6.07, 6.45) is 5.50. The molecule has 0 bridgehead atoms. The first-order chi connectivity index (χ1) is 13.5. The van der Waals surface area contributed by atoms with Gasteiger partial charge in [0.1, 0.15) is 10.6 Å². The minimum absolute atomic E-state index is 0.0822. The lowest BCUT2D eigenvalue weighted by Gasteiger charge is -2.33. The van der Waals surface area contributed by atoms with Crippen LogP contribution in [0, 0.1) is 0 Å². The normalized spacial score (nSPS) is 19.4. The van der Waals surface area contributed by atoms with Crippen molar-refractivity contribution in [3.05, 3.63) is 10.4 Å². The number of nitrogens with one attached hydrogen (secondary N) is 2. The number of hydrogen-bond donors (Lipinski definition) is 2. The van der Waals surface area contributed by atoms with Crippen LogP contribution >= 0.6 is 23.1 Å². The Morgan fingerprint density at radius 3 is 2.79 bits per heavy atom. The van der Waals surface area contributed by atoms with Crippen LogP contribution in [-0.2, 0) is 17.8 Å². The lowest BCUT2D eigenvalue weighted by molar-refractivity contribution is -0.858. The Morgan fingerprint density at radius 2 is 2.07 bits per heavy atom. The molecule has 3 rings (SSSR count). The van der Waals surface area contributed by atoms with E-state index in [0.29, 0.717) is 6.61 Å². The smallest absolute Gasteiger partial charge is 0.190 e. The number of nitrogens with zero attached hydrogens (tertiary/aromatic N) is 2. The molecule has 3 heterocycles. The number of ether oxygens (including phenoxy) is 1. The molecule has 0 unspecified atom stereocenters. The number of hydrogen-bond acceptors (Lipinski definition) is 6. The van der Waals surface area contributed by atoms with Crippen molar-refractivity contribution in [2.75, 3.05) is 38.3 Å². The number of unbranched alkanes of at least 4 members (excludes halogenated alkanes) is 1. The van der Waals surface area contributed by atoms with E-state index in [9.17, 15) is 0 Å². The van der Waals surface area contributed by atoms with Gasteiger partial charge in [0.15, 0.2) is 5.16 Å². The summed E-state index contributed by atoms with van der Waals surface area (Å²) in [6.45, 7) is 9.46. The van der Waals surface area contributed by atoms with Crippen LogP contribution in [0.3, 0.4) is 0 Å². The van der Waals surface area contributed by atoms with Gasteiger partial charge in [0.2, 0.25) is 0 Å². The third-order valence-electron chi connectivity index (χ3n) is 5.44.